The van der Waals surface area contributed by atoms with Gasteiger partial charge in [0.25, 0.3) is 0 Å². The molecule has 4 aliphatic rings. The zero-order valence-corrected chi connectivity index (χ0v) is 20.0. The van der Waals surface area contributed by atoms with Crippen molar-refractivity contribution in [3.8, 4) is 0 Å². The lowest BCUT2D eigenvalue weighted by Gasteiger charge is -2.62. The van der Waals surface area contributed by atoms with Gasteiger partial charge in [0.05, 0.1) is 6.10 Å². The molecular formula is C26H39FO5. The Bertz CT molecular complexity index is 834. The average molecular weight is 451 g/mol. The second kappa shape index (κ2) is 8.44. The van der Waals surface area contributed by atoms with E-state index in [9.17, 15) is 24.9 Å². The van der Waals surface area contributed by atoms with Crippen LogP contribution in [0.2, 0.25) is 0 Å². The van der Waals surface area contributed by atoms with E-state index >= 15 is 4.39 Å². The van der Waals surface area contributed by atoms with E-state index in [1.54, 1.807) is 26.8 Å². The van der Waals surface area contributed by atoms with Crippen molar-refractivity contribution in [2.24, 2.45) is 28.6 Å². The molecular weight excluding hydrogens is 411 g/mol. The minimum absolute atomic E-state index is 0.0676. The van der Waals surface area contributed by atoms with Crippen LogP contribution < -0.4 is 0 Å². The third-order valence-electron chi connectivity index (χ3n) is 9.29. The number of allylic oxidation sites excluding steroid dienone is 4. The van der Waals surface area contributed by atoms with E-state index in [1.807, 2.05) is 0 Å². The molecule has 4 rings (SSSR count). The van der Waals surface area contributed by atoms with Crippen LogP contribution in [0.3, 0.4) is 0 Å². The smallest absolute Gasteiger partial charge is 0.190 e. The Morgan fingerprint density at radius 1 is 1.22 bits per heavy atom. The van der Waals surface area contributed by atoms with E-state index in [2.05, 4.69) is 13.8 Å². The van der Waals surface area contributed by atoms with Gasteiger partial charge in [-0.3, -0.25) is 9.59 Å². The first-order chi connectivity index (χ1) is 14.9. The van der Waals surface area contributed by atoms with Crippen LogP contribution in [0.25, 0.3) is 0 Å². The van der Waals surface area contributed by atoms with Gasteiger partial charge >= 0.3 is 0 Å². The second-order valence-electron chi connectivity index (χ2n) is 10.7. The molecule has 3 saturated carbocycles. The molecule has 6 heteroatoms. The number of carbonyl (C=O) groups is 2. The number of hydrogen-bond donors (Lipinski definition) is 3. The van der Waals surface area contributed by atoms with Gasteiger partial charge in [-0.05, 0) is 56.6 Å². The van der Waals surface area contributed by atoms with Gasteiger partial charge in [0, 0.05) is 16.7 Å². The van der Waals surface area contributed by atoms with Gasteiger partial charge in [0.1, 0.15) is 12.2 Å². The first-order valence-corrected chi connectivity index (χ1v) is 12.1. The highest BCUT2D eigenvalue weighted by atomic mass is 19.1. The van der Waals surface area contributed by atoms with Crippen LogP contribution >= 0.6 is 0 Å². The monoisotopic (exact) mass is 450 g/mol. The fourth-order valence-corrected chi connectivity index (χ4v) is 7.26. The zero-order chi connectivity index (χ0) is 24.1. The summed E-state index contributed by atoms with van der Waals surface area (Å²) in [7, 11) is 0. The Morgan fingerprint density at radius 3 is 2.41 bits per heavy atom. The molecule has 180 valence electrons. The number of carbonyl (C=O) groups excluding carboxylic acids is 2. The Kier molecular flexibility index (Phi) is 6.66. The molecule has 0 bridgehead atoms. The summed E-state index contributed by atoms with van der Waals surface area (Å²) in [5.41, 5.74) is -5.17. The predicted octanol–water partition coefficient (Wildman–Crippen LogP) is 3.70. The number of unbranched alkanes of at least 4 members (excludes halogenated alkanes) is 1. The summed E-state index contributed by atoms with van der Waals surface area (Å²) in [5.74, 6) is -2.12. The van der Waals surface area contributed by atoms with Gasteiger partial charge < -0.3 is 15.3 Å². The maximum atomic E-state index is 16.9. The van der Waals surface area contributed by atoms with E-state index in [0.717, 1.165) is 0 Å². The van der Waals surface area contributed by atoms with Crippen molar-refractivity contribution in [1.29, 1.82) is 0 Å². The fourth-order valence-electron chi connectivity index (χ4n) is 7.26. The molecule has 0 spiro atoms. The van der Waals surface area contributed by atoms with E-state index in [4.69, 9.17) is 0 Å². The van der Waals surface area contributed by atoms with Gasteiger partial charge in [0.2, 0.25) is 0 Å². The van der Waals surface area contributed by atoms with Crippen molar-refractivity contribution >= 4 is 11.6 Å². The first-order valence-electron chi connectivity index (χ1n) is 12.1. The summed E-state index contributed by atoms with van der Waals surface area (Å²) in [6, 6.07) is 0. The largest absolute Gasteiger partial charge is 0.390 e. The number of aliphatic hydroxyl groups excluding tert-OH is 2. The lowest BCUT2D eigenvalue weighted by molar-refractivity contribution is -0.219. The van der Waals surface area contributed by atoms with Crippen LogP contribution in [0.1, 0.15) is 73.1 Å². The minimum Gasteiger partial charge on any atom is -0.390 e. The third kappa shape index (κ3) is 3.13. The minimum atomic E-state index is -1.98. The predicted molar refractivity (Wildman–Crippen MR) is 121 cm³/mol. The maximum absolute atomic E-state index is 16.9. The van der Waals surface area contributed by atoms with Crippen molar-refractivity contribution in [2.45, 2.75) is 90.5 Å². The average Bonchev–Trinajstić information content (AvgIpc) is 2.96. The molecule has 3 fully saturated rings. The van der Waals surface area contributed by atoms with Crippen LogP contribution in [0.5, 0.6) is 0 Å². The molecule has 0 saturated heterocycles. The molecule has 0 heterocycles. The Balaban J connectivity index is 0.000000668. The topological polar surface area (TPSA) is 94.8 Å². The fraction of sp³-hybridized carbons (Fsp3) is 0.769. The van der Waals surface area contributed by atoms with Crippen molar-refractivity contribution in [1.82, 2.24) is 0 Å². The Morgan fingerprint density at radius 2 is 1.84 bits per heavy atom. The molecule has 0 aliphatic heterocycles. The standard InChI is InChI=1S/C22H29FO5.C4H10/c1-12-8-16-15-5-4-13-9-14(25)6-7-19(13,2)21(15,23)17(26)10-20(16,3)22(12,28)18(27)11-24;1-3-4-2/h6-7,9,12,15-17,24,26,28H,4-5,8,10-11H2,1-3H3;3-4H2,1-2H3/t12-,15-,16-,17-,19-,20-,21-,22-;/m0./s1. The molecule has 0 unspecified atom stereocenters. The van der Waals surface area contributed by atoms with E-state index < -0.39 is 52.4 Å². The lowest BCUT2D eigenvalue weighted by Crippen LogP contribution is -2.69. The SMILES string of the molecule is CCCC.C[C@H]1C[C@H]2[C@@H]3CCC4=CC(=O)C=C[C@]4(C)[C@@]3(F)[C@@H](O)C[C@]2(C)[C@@]1(O)C(=O)CO. The maximum Gasteiger partial charge on any atom is 0.190 e. The number of hydrogen-bond acceptors (Lipinski definition) is 5. The quantitative estimate of drug-likeness (QED) is 0.609. The Labute approximate surface area is 190 Å². The van der Waals surface area contributed by atoms with Crippen LogP contribution in [-0.4, -0.2) is 50.9 Å². The van der Waals surface area contributed by atoms with Crippen LogP contribution in [-0.2, 0) is 9.59 Å². The van der Waals surface area contributed by atoms with Gasteiger partial charge in [-0.2, -0.15) is 0 Å². The molecule has 0 radical (unpaired) electrons. The summed E-state index contributed by atoms with van der Waals surface area (Å²) < 4.78 is 16.9. The van der Waals surface area contributed by atoms with E-state index in [0.29, 0.717) is 24.8 Å². The summed E-state index contributed by atoms with van der Waals surface area (Å²) >= 11 is 0. The highest BCUT2D eigenvalue weighted by Crippen LogP contribution is 2.70. The molecule has 4 aliphatic carbocycles. The summed E-state index contributed by atoms with van der Waals surface area (Å²) in [6.45, 7) is 8.84. The highest BCUT2D eigenvalue weighted by Gasteiger charge is 2.75. The van der Waals surface area contributed by atoms with Crippen LogP contribution in [0, 0.1) is 28.6 Å². The second-order valence-corrected chi connectivity index (χ2v) is 10.7. The van der Waals surface area contributed by atoms with Crippen molar-refractivity contribution in [3.63, 3.8) is 0 Å². The van der Waals surface area contributed by atoms with Gasteiger partial charge in [-0.15, -0.1) is 0 Å². The normalized spacial score (nSPS) is 46.9. The van der Waals surface area contributed by atoms with Crippen molar-refractivity contribution in [2.75, 3.05) is 6.61 Å². The summed E-state index contributed by atoms with van der Waals surface area (Å²) in [4.78, 5) is 24.4. The number of fused-ring (bicyclic) bond motifs is 5. The molecule has 0 amide bonds. The van der Waals surface area contributed by atoms with Gasteiger partial charge in [-0.25, -0.2) is 4.39 Å². The van der Waals surface area contributed by atoms with E-state index in [1.165, 1.54) is 25.0 Å². The van der Waals surface area contributed by atoms with E-state index in [-0.39, 0.29) is 18.1 Å². The number of Topliss-reactive ketones (excluding diaryl/α,β-unsaturated/α-hetero) is 1. The molecule has 0 aromatic rings. The molecule has 8 atom stereocenters. The molecule has 0 aromatic heterocycles. The summed E-state index contributed by atoms with van der Waals surface area (Å²) in [5, 5.41) is 32.0. The number of alkyl halides is 1. The Hall–Kier alpha value is -1.37. The number of ketones is 2. The first kappa shape index (κ1) is 25.3. The lowest BCUT2D eigenvalue weighted by atomic mass is 9.44. The summed E-state index contributed by atoms with van der Waals surface area (Å²) in [6.07, 6.45) is 7.08. The molecule has 0 aromatic carbocycles. The molecule has 32 heavy (non-hydrogen) atoms. The number of halogens is 1. The number of rotatable bonds is 3. The van der Waals surface area contributed by atoms with Crippen molar-refractivity contribution < 1.29 is 29.3 Å². The van der Waals surface area contributed by atoms with Crippen LogP contribution in [0.15, 0.2) is 23.8 Å². The third-order valence-corrected chi connectivity index (χ3v) is 9.29. The highest BCUT2D eigenvalue weighted by molar-refractivity contribution is 6.01. The zero-order valence-electron chi connectivity index (χ0n) is 20.0. The van der Waals surface area contributed by atoms with Crippen molar-refractivity contribution in [3.05, 3.63) is 23.8 Å². The number of aliphatic hydroxyl groups is 3. The molecule has 5 nitrogen and oxygen atoms in total. The van der Waals surface area contributed by atoms with Gasteiger partial charge in [0.15, 0.2) is 17.2 Å². The van der Waals surface area contributed by atoms with Crippen LogP contribution in [0.4, 0.5) is 4.39 Å². The van der Waals surface area contributed by atoms with Gasteiger partial charge in [-0.1, -0.05) is 52.2 Å². The molecule has 3 N–H and O–H groups in total.